The van der Waals surface area contributed by atoms with E-state index < -0.39 is 0 Å². The van der Waals surface area contributed by atoms with Crippen molar-refractivity contribution >= 4 is 23.5 Å². The summed E-state index contributed by atoms with van der Waals surface area (Å²) in [5.74, 6) is -0.578. The first-order chi connectivity index (χ1) is 8.17. The van der Waals surface area contributed by atoms with Crippen LogP contribution in [0.1, 0.15) is 16.8 Å². The Labute approximate surface area is 104 Å². The minimum Gasteiger partial charge on any atom is -0.395 e. The fraction of sp³-hybridized carbons (Fsp3) is 0.333. The number of aliphatic hydroxyl groups is 1. The maximum absolute atomic E-state index is 11.7. The van der Waals surface area contributed by atoms with Crippen molar-refractivity contribution in [3.8, 4) is 0 Å². The number of rotatable bonds is 6. The van der Waals surface area contributed by atoms with Crippen LogP contribution in [-0.4, -0.2) is 36.2 Å². The summed E-state index contributed by atoms with van der Waals surface area (Å²) in [6.45, 7) is 0.0554. The molecule has 1 aromatic carbocycles. The highest BCUT2D eigenvalue weighted by molar-refractivity contribution is 7.98. The summed E-state index contributed by atoms with van der Waals surface area (Å²) in [6, 6.07) is 7.13. The van der Waals surface area contributed by atoms with Gasteiger partial charge in [-0.3, -0.25) is 9.59 Å². The van der Waals surface area contributed by atoms with Gasteiger partial charge in [0.2, 0.25) is 5.91 Å². The number of nitrogens with one attached hydrogen (secondary N) is 1. The number of carbonyl (C=O) groups excluding carboxylic acids is 2. The quantitative estimate of drug-likeness (QED) is 0.452. The van der Waals surface area contributed by atoms with Crippen LogP contribution in [0.5, 0.6) is 0 Å². The zero-order valence-electron chi connectivity index (χ0n) is 9.60. The molecule has 0 saturated heterocycles. The second-order valence-corrected chi connectivity index (χ2v) is 4.28. The van der Waals surface area contributed by atoms with Crippen LogP contribution < -0.4 is 5.32 Å². The highest BCUT2D eigenvalue weighted by Crippen LogP contribution is 2.15. The average Bonchev–Trinajstić information content (AvgIpc) is 2.36. The van der Waals surface area contributed by atoms with Crippen molar-refractivity contribution in [2.24, 2.45) is 0 Å². The number of aliphatic hydroxyl groups excluding tert-OH is 1. The zero-order chi connectivity index (χ0) is 12.7. The minimum absolute atomic E-state index is 0.123. The van der Waals surface area contributed by atoms with Crippen LogP contribution in [-0.2, 0) is 4.79 Å². The molecule has 0 bridgehead atoms. The molecule has 1 amide bonds. The molecule has 0 unspecified atom stereocenters. The number of Topliss-reactive ketones (excluding diaryl/α,β-unsaturated/α-hetero) is 1. The van der Waals surface area contributed by atoms with E-state index >= 15 is 0 Å². The van der Waals surface area contributed by atoms with E-state index in [2.05, 4.69) is 5.32 Å². The molecule has 0 saturated carbocycles. The van der Waals surface area contributed by atoms with Crippen LogP contribution >= 0.6 is 11.8 Å². The Morgan fingerprint density at radius 2 is 1.94 bits per heavy atom. The number of benzene rings is 1. The molecule has 0 aliphatic carbocycles. The molecule has 17 heavy (non-hydrogen) atoms. The Morgan fingerprint density at radius 1 is 1.29 bits per heavy atom. The van der Waals surface area contributed by atoms with Gasteiger partial charge in [0.05, 0.1) is 13.0 Å². The third kappa shape index (κ3) is 4.58. The largest absolute Gasteiger partial charge is 0.395 e. The van der Waals surface area contributed by atoms with Crippen molar-refractivity contribution in [2.75, 3.05) is 19.4 Å². The Kier molecular flexibility index (Phi) is 5.72. The van der Waals surface area contributed by atoms with Crippen molar-refractivity contribution in [3.05, 3.63) is 29.8 Å². The number of hydrogen-bond acceptors (Lipinski definition) is 4. The molecule has 4 nitrogen and oxygen atoms in total. The lowest BCUT2D eigenvalue weighted by atomic mass is 10.1. The normalized spacial score (nSPS) is 10.0. The van der Waals surface area contributed by atoms with E-state index in [1.165, 1.54) is 0 Å². The topological polar surface area (TPSA) is 66.4 Å². The summed E-state index contributed by atoms with van der Waals surface area (Å²) in [5, 5.41) is 11.0. The van der Waals surface area contributed by atoms with E-state index in [-0.39, 0.29) is 31.3 Å². The molecule has 0 aliphatic heterocycles. The minimum atomic E-state index is -0.363. The van der Waals surface area contributed by atoms with Crippen molar-refractivity contribution < 1.29 is 14.7 Å². The first kappa shape index (κ1) is 13.7. The lowest BCUT2D eigenvalue weighted by Gasteiger charge is -2.03. The van der Waals surface area contributed by atoms with Gasteiger partial charge in [-0.2, -0.15) is 0 Å². The number of hydrogen-bond donors (Lipinski definition) is 2. The number of thioether (sulfide) groups is 1. The molecule has 92 valence electrons. The maximum Gasteiger partial charge on any atom is 0.227 e. The van der Waals surface area contributed by atoms with E-state index in [0.29, 0.717) is 5.56 Å². The SMILES string of the molecule is CSc1ccc(C(=O)CC(=O)NCCO)cc1. The van der Waals surface area contributed by atoms with Gasteiger partial charge in [0.1, 0.15) is 0 Å². The van der Waals surface area contributed by atoms with Crippen LogP contribution in [0, 0.1) is 0 Å². The average molecular weight is 253 g/mol. The molecular formula is C12H15NO3S. The van der Waals surface area contributed by atoms with E-state index in [0.717, 1.165) is 4.90 Å². The third-order valence-corrected chi connectivity index (χ3v) is 2.91. The first-order valence-corrected chi connectivity index (χ1v) is 6.44. The Bertz CT molecular complexity index is 389. The molecule has 1 rings (SSSR count). The zero-order valence-corrected chi connectivity index (χ0v) is 10.4. The molecule has 5 heteroatoms. The van der Waals surface area contributed by atoms with Crippen molar-refractivity contribution in [1.29, 1.82) is 0 Å². The second-order valence-electron chi connectivity index (χ2n) is 3.40. The van der Waals surface area contributed by atoms with Gasteiger partial charge in [0.25, 0.3) is 0 Å². The first-order valence-electron chi connectivity index (χ1n) is 5.22. The van der Waals surface area contributed by atoms with E-state index in [1.54, 1.807) is 23.9 Å². The summed E-state index contributed by atoms with van der Waals surface area (Å²) in [6.07, 6.45) is 1.78. The summed E-state index contributed by atoms with van der Waals surface area (Å²) >= 11 is 1.60. The second kappa shape index (κ2) is 7.09. The van der Waals surface area contributed by atoms with E-state index in [9.17, 15) is 9.59 Å². The van der Waals surface area contributed by atoms with Gasteiger partial charge in [0.15, 0.2) is 5.78 Å². The number of carbonyl (C=O) groups is 2. The van der Waals surface area contributed by atoms with E-state index in [1.807, 2.05) is 18.4 Å². The predicted molar refractivity (Wildman–Crippen MR) is 67.3 cm³/mol. The summed E-state index contributed by atoms with van der Waals surface area (Å²) in [4.78, 5) is 24.0. The molecule has 0 radical (unpaired) electrons. The number of ketones is 1. The van der Waals surface area contributed by atoms with Crippen molar-refractivity contribution in [1.82, 2.24) is 5.32 Å². The smallest absolute Gasteiger partial charge is 0.227 e. The highest BCUT2D eigenvalue weighted by atomic mass is 32.2. The van der Waals surface area contributed by atoms with Gasteiger partial charge >= 0.3 is 0 Å². The molecule has 0 spiro atoms. The van der Waals surface area contributed by atoms with Crippen LogP contribution in [0.4, 0.5) is 0 Å². The molecule has 0 aliphatic rings. The lowest BCUT2D eigenvalue weighted by Crippen LogP contribution is -2.28. The Hall–Kier alpha value is -1.33. The maximum atomic E-state index is 11.7. The van der Waals surface area contributed by atoms with Crippen molar-refractivity contribution in [3.63, 3.8) is 0 Å². The molecule has 0 atom stereocenters. The Balaban J connectivity index is 2.54. The lowest BCUT2D eigenvalue weighted by molar-refractivity contribution is -0.120. The fourth-order valence-electron chi connectivity index (χ4n) is 1.28. The van der Waals surface area contributed by atoms with Crippen LogP contribution in [0.25, 0.3) is 0 Å². The molecular weight excluding hydrogens is 238 g/mol. The Morgan fingerprint density at radius 3 is 2.47 bits per heavy atom. The summed E-state index contributed by atoms with van der Waals surface area (Å²) in [7, 11) is 0. The van der Waals surface area contributed by atoms with Gasteiger partial charge in [-0.25, -0.2) is 0 Å². The van der Waals surface area contributed by atoms with Gasteiger partial charge in [-0.1, -0.05) is 12.1 Å². The van der Waals surface area contributed by atoms with Crippen molar-refractivity contribution in [2.45, 2.75) is 11.3 Å². The predicted octanol–water partition coefficient (Wildman–Crippen LogP) is 1.09. The molecule has 0 heterocycles. The summed E-state index contributed by atoms with van der Waals surface area (Å²) in [5.41, 5.74) is 0.530. The molecule has 0 aromatic heterocycles. The van der Waals surface area contributed by atoms with Crippen LogP contribution in [0.15, 0.2) is 29.2 Å². The molecule has 2 N–H and O–H groups in total. The highest BCUT2D eigenvalue weighted by Gasteiger charge is 2.10. The number of amides is 1. The van der Waals surface area contributed by atoms with Crippen LogP contribution in [0.3, 0.4) is 0 Å². The molecule has 0 fully saturated rings. The van der Waals surface area contributed by atoms with Gasteiger partial charge in [-0.05, 0) is 18.4 Å². The van der Waals surface area contributed by atoms with Gasteiger partial charge < -0.3 is 10.4 Å². The third-order valence-electron chi connectivity index (χ3n) is 2.17. The monoisotopic (exact) mass is 253 g/mol. The van der Waals surface area contributed by atoms with Gasteiger partial charge in [-0.15, -0.1) is 11.8 Å². The van der Waals surface area contributed by atoms with Gasteiger partial charge in [0, 0.05) is 17.0 Å². The standard InChI is InChI=1S/C12H15NO3S/c1-17-10-4-2-9(3-5-10)11(15)8-12(16)13-6-7-14/h2-5,14H,6-8H2,1H3,(H,13,16). The van der Waals surface area contributed by atoms with E-state index in [4.69, 9.17) is 5.11 Å². The summed E-state index contributed by atoms with van der Waals surface area (Å²) < 4.78 is 0. The van der Waals surface area contributed by atoms with Crippen LogP contribution in [0.2, 0.25) is 0 Å². The fourth-order valence-corrected chi connectivity index (χ4v) is 1.69. The molecule has 1 aromatic rings.